The lowest BCUT2D eigenvalue weighted by Gasteiger charge is -2.06. The molecule has 0 aliphatic rings. The fraction of sp³-hybridized carbons (Fsp3) is 0.214. The van der Waals surface area contributed by atoms with Gasteiger partial charge in [-0.3, -0.25) is 4.79 Å². The van der Waals surface area contributed by atoms with Crippen LogP contribution in [-0.4, -0.2) is 18.9 Å². The monoisotopic (exact) mass is 263 g/mol. The van der Waals surface area contributed by atoms with Crippen molar-refractivity contribution in [3.05, 3.63) is 42.0 Å². The molecule has 0 aliphatic heterocycles. The number of carbonyl (C=O) groups excluding carboxylic acids is 1. The lowest BCUT2D eigenvalue weighted by atomic mass is 10.1. The fourth-order valence-electron chi connectivity index (χ4n) is 1.76. The third-order valence-electron chi connectivity index (χ3n) is 2.72. The molecule has 0 radical (unpaired) electrons. The second kappa shape index (κ2) is 5.74. The Morgan fingerprint density at radius 2 is 1.94 bits per heavy atom. The summed E-state index contributed by atoms with van der Waals surface area (Å²) in [5.41, 5.74) is 1.05. The number of methoxy groups -OCH3 is 1. The molecule has 3 nitrogen and oxygen atoms in total. The molecule has 0 heterocycles. The van der Waals surface area contributed by atoms with Gasteiger partial charge in [0.05, 0.1) is 7.11 Å². The van der Waals surface area contributed by atoms with E-state index < -0.39 is 0 Å². The minimum absolute atomic E-state index is 0.00915. The van der Waals surface area contributed by atoms with Crippen LogP contribution in [0, 0.1) is 0 Å². The van der Waals surface area contributed by atoms with Gasteiger partial charge < -0.3 is 10.1 Å². The Bertz CT molecular complexity index is 569. The highest BCUT2D eigenvalue weighted by Gasteiger charge is 2.01. The molecule has 18 heavy (non-hydrogen) atoms. The average molecular weight is 264 g/mol. The first kappa shape index (κ1) is 12.7. The van der Waals surface area contributed by atoms with E-state index in [9.17, 15) is 4.79 Å². The molecule has 1 N–H and O–H groups in total. The van der Waals surface area contributed by atoms with Crippen LogP contribution in [0.3, 0.4) is 0 Å². The third kappa shape index (κ3) is 2.93. The molecule has 0 aliphatic carbocycles. The number of alkyl halides is 1. The summed E-state index contributed by atoms with van der Waals surface area (Å²) >= 11 is 5.42. The predicted molar refractivity (Wildman–Crippen MR) is 73.1 cm³/mol. The van der Waals surface area contributed by atoms with E-state index in [1.54, 1.807) is 7.11 Å². The molecule has 0 bridgehead atoms. The Hall–Kier alpha value is -1.74. The predicted octanol–water partition coefficient (Wildman–Crippen LogP) is 2.70. The van der Waals surface area contributed by atoms with Gasteiger partial charge in [-0.2, -0.15) is 0 Å². The largest absolute Gasteiger partial charge is 0.497 e. The van der Waals surface area contributed by atoms with Crippen molar-refractivity contribution in [2.45, 2.75) is 6.54 Å². The van der Waals surface area contributed by atoms with Crippen molar-refractivity contribution in [2.75, 3.05) is 13.0 Å². The van der Waals surface area contributed by atoms with Gasteiger partial charge >= 0.3 is 0 Å². The maximum Gasteiger partial charge on any atom is 0.235 e. The Balaban J connectivity index is 2.20. The van der Waals surface area contributed by atoms with Crippen LogP contribution >= 0.6 is 11.6 Å². The molecule has 0 saturated carbocycles. The summed E-state index contributed by atoms with van der Waals surface area (Å²) in [5, 5.41) is 4.97. The molecule has 94 valence electrons. The second-order valence-electron chi connectivity index (χ2n) is 3.96. The number of benzene rings is 2. The summed E-state index contributed by atoms with van der Waals surface area (Å²) in [6.45, 7) is 0.494. The van der Waals surface area contributed by atoms with E-state index >= 15 is 0 Å². The van der Waals surface area contributed by atoms with Crippen LogP contribution in [0.25, 0.3) is 10.8 Å². The summed E-state index contributed by atoms with van der Waals surface area (Å²) in [5.74, 6) is 0.669. The normalized spacial score (nSPS) is 10.3. The van der Waals surface area contributed by atoms with Crippen molar-refractivity contribution < 1.29 is 9.53 Å². The van der Waals surface area contributed by atoms with Crippen molar-refractivity contribution in [1.82, 2.24) is 5.32 Å². The van der Waals surface area contributed by atoms with Gasteiger partial charge in [0.1, 0.15) is 11.6 Å². The zero-order chi connectivity index (χ0) is 13.0. The van der Waals surface area contributed by atoms with E-state index in [0.29, 0.717) is 6.54 Å². The topological polar surface area (TPSA) is 38.3 Å². The first-order valence-corrected chi connectivity index (χ1v) is 6.16. The molecular formula is C14H14ClNO2. The van der Waals surface area contributed by atoms with Crippen LogP contribution in [0.15, 0.2) is 36.4 Å². The lowest BCUT2D eigenvalue weighted by molar-refractivity contribution is -0.118. The Morgan fingerprint density at radius 3 is 2.67 bits per heavy atom. The molecular weight excluding hydrogens is 250 g/mol. The van der Waals surface area contributed by atoms with E-state index in [2.05, 4.69) is 5.32 Å². The number of amides is 1. The van der Waals surface area contributed by atoms with E-state index in [1.165, 1.54) is 0 Å². The summed E-state index contributed by atoms with van der Waals surface area (Å²) in [7, 11) is 1.65. The van der Waals surface area contributed by atoms with Crippen molar-refractivity contribution in [2.24, 2.45) is 0 Å². The third-order valence-corrected chi connectivity index (χ3v) is 2.97. The maximum atomic E-state index is 11.1. The van der Waals surface area contributed by atoms with Crippen molar-refractivity contribution in [3.63, 3.8) is 0 Å². The molecule has 1 amide bonds. The summed E-state index contributed by atoms with van der Waals surface area (Å²) < 4.78 is 5.17. The maximum absolute atomic E-state index is 11.1. The molecule has 4 heteroatoms. The number of carbonyl (C=O) groups is 1. The molecule has 2 rings (SSSR count). The molecule has 0 spiro atoms. The van der Waals surface area contributed by atoms with Crippen LogP contribution < -0.4 is 10.1 Å². The van der Waals surface area contributed by atoms with Gasteiger partial charge in [-0.05, 0) is 34.5 Å². The second-order valence-corrected chi connectivity index (χ2v) is 4.23. The average Bonchev–Trinajstić information content (AvgIpc) is 2.43. The highest BCUT2D eigenvalue weighted by Crippen LogP contribution is 2.21. The number of halogens is 1. The zero-order valence-corrected chi connectivity index (χ0v) is 10.8. The number of rotatable bonds is 4. The number of hydrogen-bond donors (Lipinski definition) is 1. The van der Waals surface area contributed by atoms with Crippen molar-refractivity contribution in [1.29, 1.82) is 0 Å². The van der Waals surface area contributed by atoms with Gasteiger partial charge in [-0.1, -0.05) is 18.2 Å². The minimum atomic E-state index is -0.161. The van der Waals surface area contributed by atoms with Gasteiger partial charge in [0.15, 0.2) is 0 Å². The van der Waals surface area contributed by atoms with E-state index in [1.807, 2.05) is 36.4 Å². The van der Waals surface area contributed by atoms with Crippen LogP contribution in [0.4, 0.5) is 0 Å². The van der Waals surface area contributed by atoms with E-state index in [0.717, 1.165) is 22.1 Å². The molecule has 0 saturated heterocycles. The number of nitrogens with one attached hydrogen (secondary N) is 1. The van der Waals surface area contributed by atoms with Gasteiger partial charge in [0.2, 0.25) is 5.91 Å². The Kier molecular flexibility index (Phi) is 4.05. The molecule has 0 unspecified atom stereocenters. The van der Waals surface area contributed by atoms with Crippen molar-refractivity contribution in [3.8, 4) is 5.75 Å². The van der Waals surface area contributed by atoms with Crippen LogP contribution in [-0.2, 0) is 11.3 Å². The van der Waals surface area contributed by atoms with Crippen molar-refractivity contribution >= 4 is 28.3 Å². The minimum Gasteiger partial charge on any atom is -0.497 e. The Morgan fingerprint density at radius 1 is 1.22 bits per heavy atom. The first-order valence-electron chi connectivity index (χ1n) is 5.62. The van der Waals surface area contributed by atoms with Gasteiger partial charge in [0, 0.05) is 6.54 Å². The SMILES string of the molecule is COc1ccc2cc(CNC(=O)CCl)ccc2c1. The molecule has 0 aromatic heterocycles. The standard InChI is InChI=1S/C14H14ClNO2/c1-18-13-5-4-11-6-10(2-3-12(11)7-13)9-16-14(17)8-15/h2-7H,8-9H2,1H3,(H,16,17). The summed E-state index contributed by atoms with van der Waals surface area (Å²) in [4.78, 5) is 11.1. The molecule has 2 aromatic rings. The quantitative estimate of drug-likeness (QED) is 0.862. The highest BCUT2D eigenvalue weighted by molar-refractivity contribution is 6.27. The molecule has 0 atom stereocenters. The van der Waals surface area contributed by atoms with E-state index in [4.69, 9.17) is 16.3 Å². The Labute approximate surface area is 111 Å². The number of fused-ring (bicyclic) bond motifs is 1. The van der Waals surface area contributed by atoms with Crippen LogP contribution in [0.5, 0.6) is 5.75 Å². The number of hydrogen-bond acceptors (Lipinski definition) is 2. The molecule has 0 fully saturated rings. The van der Waals surface area contributed by atoms with Gasteiger partial charge in [0.25, 0.3) is 0 Å². The first-order chi connectivity index (χ1) is 8.72. The number of ether oxygens (including phenoxy) is 1. The summed E-state index contributed by atoms with van der Waals surface area (Å²) in [6.07, 6.45) is 0. The fourth-order valence-corrected chi connectivity index (χ4v) is 1.85. The van der Waals surface area contributed by atoms with E-state index in [-0.39, 0.29) is 11.8 Å². The smallest absolute Gasteiger partial charge is 0.235 e. The molecule has 2 aromatic carbocycles. The highest BCUT2D eigenvalue weighted by atomic mass is 35.5. The van der Waals surface area contributed by atoms with Gasteiger partial charge in [-0.15, -0.1) is 11.6 Å². The van der Waals surface area contributed by atoms with Crippen LogP contribution in [0.2, 0.25) is 0 Å². The van der Waals surface area contributed by atoms with Gasteiger partial charge in [-0.25, -0.2) is 0 Å². The zero-order valence-electron chi connectivity index (χ0n) is 10.1. The summed E-state index contributed by atoms with van der Waals surface area (Å²) in [6, 6.07) is 11.9. The van der Waals surface area contributed by atoms with Crippen LogP contribution in [0.1, 0.15) is 5.56 Å². The lowest BCUT2D eigenvalue weighted by Crippen LogP contribution is -2.23.